The van der Waals surface area contributed by atoms with Crippen LogP contribution >= 0.6 is 0 Å². The van der Waals surface area contributed by atoms with Crippen LogP contribution in [-0.4, -0.2) is 15.5 Å². The number of fused-ring (bicyclic) bond motifs is 1. The van der Waals surface area contributed by atoms with Gasteiger partial charge >= 0.3 is 0 Å². The van der Waals surface area contributed by atoms with E-state index in [1.54, 1.807) is 6.07 Å². The fraction of sp³-hybridized carbons (Fsp3) is 0.333. The molecule has 1 spiro atoms. The number of nitrogens with zero attached hydrogens (tertiary/aromatic N) is 4. The van der Waals surface area contributed by atoms with Gasteiger partial charge < -0.3 is 5.32 Å². The minimum Gasteiger partial charge on any atom is -0.348 e. The second-order valence-corrected chi connectivity index (χ2v) is 6.78. The van der Waals surface area contributed by atoms with Crippen LogP contribution in [0.25, 0.3) is 0 Å². The van der Waals surface area contributed by atoms with Crippen LogP contribution in [0.1, 0.15) is 32.1 Å². The molecule has 1 saturated carbocycles. The molecule has 27 heavy (non-hydrogen) atoms. The zero-order chi connectivity index (χ0) is 19.0. The molecule has 0 bridgehead atoms. The maximum Gasteiger partial charge on any atom is 0.295 e. The average molecular weight is 367 g/mol. The summed E-state index contributed by atoms with van der Waals surface area (Å²) in [7, 11) is 0. The molecule has 1 heterocycles. The van der Waals surface area contributed by atoms with E-state index in [1.807, 2.05) is 0 Å². The maximum atomic E-state index is 11.5. The second-order valence-electron chi connectivity index (χ2n) is 6.78. The van der Waals surface area contributed by atoms with Gasteiger partial charge in [-0.1, -0.05) is 6.42 Å². The molecule has 0 amide bonds. The topological polar surface area (TPSA) is 123 Å². The molecule has 2 aromatic carbocycles. The molecule has 2 aliphatic rings. The molecule has 1 fully saturated rings. The Morgan fingerprint density at radius 2 is 1.59 bits per heavy atom. The predicted molar refractivity (Wildman–Crippen MR) is 97.6 cm³/mol. The van der Waals surface area contributed by atoms with Crippen molar-refractivity contribution in [1.82, 2.24) is 0 Å². The van der Waals surface area contributed by atoms with Crippen molar-refractivity contribution in [2.45, 2.75) is 37.8 Å². The number of non-ortho nitro benzene ring substituents is 1. The van der Waals surface area contributed by atoms with E-state index in [2.05, 4.69) is 5.32 Å². The van der Waals surface area contributed by atoms with Crippen molar-refractivity contribution in [2.24, 2.45) is 9.98 Å². The Kier molecular flexibility index (Phi) is 4.06. The van der Waals surface area contributed by atoms with Gasteiger partial charge in [0.1, 0.15) is 11.0 Å². The first kappa shape index (κ1) is 17.1. The number of anilines is 2. The van der Waals surface area contributed by atoms with E-state index in [4.69, 9.17) is 9.98 Å². The van der Waals surface area contributed by atoms with Crippen LogP contribution in [0.15, 0.2) is 46.4 Å². The minimum absolute atomic E-state index is 0.0470. The fourth-order valence-electron chi connectivity index (χ4n) is 3.66. The third kappa shape index (κ3) is 3.12. The normalized spacial score (nSPS) is 16.9. The summed E-state index contributed by atoms with van der Waals surface area (Å²) in [4.78, 5) is 30.9. The highest BCUT2D eigenvalue weighted by Gasteiger charge is 2.34. The number of nitro benzene ring substituents is 2. The lowest BCUT2D eigenvalue weighted by molar-refractivity contribution is -0.384. The van der Waals surface area contributed by atoms with Crippen molar-refractivity contribution >= 4 is 22.7 Å². The standard InChI is InChI=1S/C18H17N5O4/c24-22(25)13-6-4-12(5-7-13)19-17-15(23(26)27)9-8-14-16(17)21-18(20-14)10-2-1-3-11-18/h4-9,19H,1-3,10-11H2. The number of benzene rings is 2. The summed E-state index contributed by atoms with van der Waals surface area (Å²) >= 11 is 0. The molecule has 1 aliphatic carbocycles. The Morgan fingerprint density at radius 1 is 0.889 bits per heavy atom. The Bertz CT molecular complexity index is 1040. The molecule has 0 atom stereocenters. The quantitative estimate of drug-likeness (QED) is 0.657. The summed E-state index contributed by atoms with van der Waals surface area (Å²) < 4.78 is 0. The highest BCUT2D eigenvalue weighted by molar-refractivity contribution is 5.69. The van der Waals surface area contributed by atoms with Gasteiger partial charge in [0.25, 0.3) is 11.4 Å². The average Bonchev–Trinajstić information content (AvgIpc) is 3.00. The van der Waals surface area contributed by atoms with E-state index < -0.39 is 15.5 Å². The molecule has 1 N–H and O–H groups in total. The van der Waals surface area contributed by atoms with Crippen LogP contribution in [-0.2, 0) is 0 Å². The Morgan fingerprint density at radius 3 is 2.22 bits per heavy atom. The Balaban J connectivity index is 1.80. The second kappa shape index (κ2) is 6.42. The van der Waals surface area contributed by atoms with E-state index in [0.717, 1.165) is 32.1 Å². The SMILES string of the molecule is O=[N+]([O-])c1ccc(Nc2c([N+](=O)[O-])ccc3c2=NC2(CCCCC2)N=3)cc1. The maximum absolute atomic E-state index is 11.5. The van der Waals surface area contributed by atoms with Gasteiger partial charge in [0.15, 0.2) is 5.66 Å². The number of hydrogen-bond acceptors (Lipinski definition) is 7. The van der Waals surface area contributed by atoms with E-state index >= 15 is 0 Å². The molecule has 0 aromatic heterocycles. The zero-order valence-corrected chi connectivity index (χ0v) is 14.4. The van der Waals surface area contributed by atoms with Crippen LogP contribution < -0.4 is 16.0 Å². The fourth-order valence-corrected chi connectivity index (χ4v) is 3.66. The van der Waals surface area contributed by atoms with Gasteiger partial charge in [0, 0.05) is 23.9 Å². The lowest BCUT2D eigenvalue weighted by Gasteiger charge is -2.27. The molecule has 2 aromatic rings. The summed E-state index contributed by atoms with van der Waals surface area (Å²) in [5, 5.41) is 26.5. The molecular formula is C18H17N5O4. The molecule has 4 rings (SSSR count). The number of nitro groups is 2. The van der Waals surface area contributed by atoms with Gasteiger partial charge in [-0.05, 0) is 43.9 Å². The summed E-state index contributed by atoms with van der Waals surface area (Å²) in [6, 6.07) is 8.80. The summed E-state index contributed by atoms with van der Waals surface area (Å²) in [5.41, 5.74) is 0.129. The molecule has 138 valence electrons. The van der Waals surface area contributed by atoms with Gasteiger partial charge in [0.05, 0.1) is 15.2 Å². The number of rotatable bonds is 4. The van der Waals surface area contributed by atoms with E-state index in [-0.39, 0.29) is 17.1 Å². The van der Waals surface area contributed by atoms with Crippen molar-refractivity contribution in [3.63, 3.8) is 0 Å². The molecular weight excluding hydrogens is 350 g/mol. The van der Waals surface area contributed by atoms with Gasteiger partial charge in [-0.2, -0.15) is 0 Å². The van der Waals surface area contributed by atoms with Crippen molar-refractivity contribution in [1.29, 1.82) is 0 Å². The smallest absolute Gasteiger partial charge is 0.295 e. The number of hydrogen-bond donors (Lipinski definition) is 1. The predicted octanol–water partition coefficient (Wildman–Crippen LogP) is 3.16. The van der Waals surface area contributed by atoms with Crippen molar-refractivity contribution < 1.29 is 9.85 Å². The van der Waals surface area contributed by atoms with Crippen molar-refractivity contribution in [2.75, 3.05) is 5.32 Å². The van der Waals surface area contributed by atoms with Crippen LogP contribution in [0, 0.1) is 20.2 Å². The summed E-state index contributed by atoms with van der Waals surface area (Å²) in [5.74, 6) is 0. The van der Waals surface area contributed by atoms with E-state index in [9.17, 15) is 20.2 Å². The molecule has 9 nitrogen and oxygen atoms in total. The third-order valence-corrected chi connectivity index (χ3v) is 4.98. The first-order valence-corrected chi connectivity index (χ1v) is 8.76. The summed E-state index contributed by atoms with van der Waals surface area (Å²) in [6.45, 7) is 0. The van der Waals surface area contributed by atoms with Crippen LogP contribution in [0.2, 0.25) is 0 Å². The Hall–Kier alpha value is -3.36. The van der Waals surface area contributed by atoms with Gasteiger partial charge in [-0.3, -0.25) is 30.2 Å². The molecule has 0 radical (unpaired) electrons. The first-order chi connectivity index (χ1) is 13.0. The van der Waals surface area contributed by atoms with Crippen LogP contribution in [0.3, 0.4) is 0 Å². The van der Waals surface area contributed by atoms with Crippen LogP contribution in [0.5, 0.6) is 0 Å². The van der Waals surface area contributed by atoms with Gasteiger partial charge in [-0.25, -0.2) is 0 Å². The third-order valence-electron chi connectivity index (χ3n) is 4.98. The minimum atomic E-state index is -0.512. The van der Waals surface area contributed by atoms with E-state index in [0.29, 0.717) is 16.4 Å². The molecule has 9 heteroatoms. The van der Waals surface area contributed by atoms with Crippen LogP contribution in [0.4, 0.5) is 22.7 Å². The van der Waals surface area contributed by atoms with E-state index in [1.165, 1.54) is 30.3 Å². The first-order valence-electron chi connectivity index (χ1n) is 8.76. The highest BCUT2D eigenvalue weighted by Crippen LogP contribution is 2.34. The highest BCUT2D eigenvalue weighted by atomic mass is 16.6. The van der Waals surface area contributed by atoms with Crippen molar-refractivity contribution in [3.8, 4) is 0 Å². The largest absolute Gasteiger partial charge is 0.348 e. The van der Waals surface area contributed by atoms with Gasteiger partial charge in [-0.15, -0.1) is 0 Å². The van der Waals surface area contributed by atoms with Crippen molar-refractivity contribution in [3.05, 3.63) is 67.3 Å². The molecule has 0 saturated heterocycles. The Labute approximate surface area is 153 Å². The lowest BCUT2D eigenvalue weighted by atomic mass is 9.90. The molecule has 0 unspecified atom stereocenters. The number of nitrogens with one attached hydrogen (secondary N) is 1. The monoisotopic (exact) mass is 367 g/mol. The zero-order valence-electron chi connectivity index (χ0n) is 14.4. The summed E-state index contributed by atoms with van der Waals surface area (Å²) in [6.07, 6.45) is 4.90. The van der Waals surface area contributed by atoms with Gasteiger partial charge in [0.2, 0.25) is 0 Å². The lowest BCUT2D eigenvalue weighted by Crippen LogP contribution is -2.26. The molecule has 1 aliphatic heterocycles.